The Morgan fingerprint density at radius 2 is 1.74 bits per heavy atom. The largest absolute Gasteiger partial charge is 0.490 e. The molecule has 1 aromatic heterocycles. The molecule has 4 aromatic rings. The molecule has 1 amide bonds. The Labute approximate surface area is 316 Å². The Morgan fingerprint density at radius 1 is 1.04 bits per heavy atom. The quantitative estimate of drug-likeness (QED) is 0.0948. The van der Waals surface area contributed by atoms with Crippen LogP contribution in [0.15, 0.2) is 77.8 Å². The first-order chi connectivity index (χ1) is 25.5. The maximum absolute atomic E-state index is 15.0. The summed E-state index contributed by atoms with van der Waals surface area (Å²) in [4.78, 5) is 44.1. The van der Waals surface area contributed by atoms with E-state index < -0.39 is 30.1 Å². The molecule has 3 atom stereocenters. The Balaban J connectivity index is 0.000000845. The molecular formula is C39H45F3N4O7S. The summed E-state index contributed by atoms with van der Waals surface area (Å²) in [6, 6.07) is 20.0. The first-order valence-electron chi connectivity index (χ1n) is 17.3. The number of carbonyl (C=O) groups is 3. The third-order valence-electron chi connectivity index (χ3n) is 8.34. The van der Waals surface area contributed by atoms with Crippen LogP contribution in [-0.4, -0.2) is 70.6 Å². The second-order valence-electron chi connectivity index (χ2n) is 12.9. The van der Waals surface area contributed by atoms with Gasteiger partial charge in [-0.1, -0.05) is 38.1 Å². The second kappa shape index (κ2) is 18.2. The molecule has 11 nitrogen and oxygen atoms in total. The molecule has 1 fully saturated rings. The Bertz CT molecular complexity index is 1940. The van der Waals surface area contributed by atoms with Crippen molar-refractivity contribution >= 4 is 51.9 Å². The van der Waals surface area contributed by atoms with E-state index in [1.54, 1.807) is 18.0 Å². The number of nitrogens with two attached hydrogens (primary N) is 1. The minimum atomic E-state index is -5.08. The van der Waals surface area contributed by atoms with E-state index >= 15 is 0 Å². The summed E-state index contributed by atoms with van der Waals surface area (Å²) < 4.78 is 49.0. The molecule has 0 radical (unpaired) electrons. The summed E-state index contributed by atoms with van der Waals surface area (Å²) in [5.41, 5.74) is 8.50. The molecule has 3 unspecified atom stereocenters. The molecule has 0 aliphatic carbocycles. The summed E-state index contributed by atoms with van der Waals surface area (Å²) in [5.74, 6) is -2.15. The topological polar surface area (TPSA) is 153 Å². The van der Waals surface area contributed by atoms with Gasteiger partial charge in [0, 0.05) is 34.0 Å². The highest BCUT2D eigenvalue weighted by molar-refractivity contribution is 8.00. The Hall–Kier alpha value is -5.18. The number of hydrogen-bond acceptors (Lipinski definition) is 10. The average Bonchev–Trinajstić information content (AvgIpc) is 3.56. The lowest BCUT2D eigenvalue weighted by Gasteiger charge is -2.33. The van der Waals surface area contributed by atoms with E-state index in [0.29, 0.717) is 47.7 Å². The van der Waals surface area contributed by atoms with E-state index in [0.717, 1.165) is 26.9 Å². The van der Waals surface area contributed by atoms with Crippen molar-refractivity contribution in [1.82, 2.24) is 9.88 Å². The van der Waals surface area contributed by atoms with Gasteiger partial charge in [0.05, 0.1) is 31.8 Å². The van der Waals surface area contributed by atoms with Crippen LogP contribution in [0.1, 0.15) is 64.3 Å². The van der Waals surface area contributed by atoms with Crippen molar-refractivity contribution in [2.75, 3.05) is 31.3 Å². The van der Waals surface area contributed by atoms with Crippen LogP contribution < -0.4 is 20.5 Å². The molecule has 290 valence electrons. The van der Waals surface area contributed by atoms with Gasteiger partial charge in [-0.2, -0.15) is 13.2 Å². The summed E-state index contributed by atoms with van der Waals surface area (Å²) in [6.07, 6.45) is -2.98. The van der Waals surface area contributed by atoms with Gasteiger partial charge < -0.3 is 35.3 Å². The monoisotopic (exact) mass is 770 g/mol. The number of carboxylic acids is 1. The molecule has 1 saturated heterocycles. The summed E-state index contributed by atoms with van der Waals surface area (Å²) in [5, 5.41) is 12.7. The number of benzene rings is 3. The third-order valence-corrected chi connectivity index (χ3v) is 9.44. The number of rotatable bonds is 12. The number of nitrogens with one attached hydrogen (secondary N) is 1. The Kier molecular flexibility index (Phi) is 14.0. The number of carbonyl (C=O) groups excluding carboxylic acids is 2. The predicted octanol–water partition coefficient (Wildman–Crippen LogP) is 8.05. The van der Waals surface area contributed by atoms with Crippen molar-refractivity contribution in [3.63, 3.8) is 0 Å². The number of anilines is 2. The van der Waals surface area contributed by atoms with Crippen LogP contribution in [0.25, 0.3) is 10.8 Å². The van der Waals surface area contributed by atoms with Gasteiger partial charge in [0.1, 0.15) is 11.9 Å². The van der Waals surface area contributed by atoms with Crippen LogP contribution >= 0.6 is 11.8 Å². The molecular weight excluding hydrogens is 726 g/mol. The fourth-order valence-electron chi connectivity index (χ4n) is 6.14. The van der Waals surface area contributed by atoms with Gasteiger partial charge in [0.15, 0.2) is 11.5 Å². The van der Waals surface area contributed by atoms with Crippen LogP contribution in [0.4, 0.5) is 24.7 Å². The minimum Gasteiger partial charge on any atom is -0.490 e. The number of likely N-dealkylation sites (tertiary alicyclic amines) is 1. The number of nitrogens with zero attached hydrogens (tertiary/aromatic N) is 2. The molecule has 3 aromatic carbocycles. The number of amides is 1. The molecule has 0 bridgehead atoms. The maximum atomic E-state index is 15.0. The molecule has 0 saturated carbocycles. The first-order valence-corrected chi connectivity index (χ1v) is 18.2. The lowest BCUT2D eigenvalue weighted by molar-refractivity contribution is -0.192. The van der Waals surface area contributed by atoms with Crippen LogP contribution in [0.5, 0.6) is 11.5 Å². The molecule has 0 spiro atoms. The molecule has 2 heterocycles. The van der Waals surface area contributed by atoms with Crippen LogP contribution in [0.2, 0.25) is 0 Å². The number of hydrogen-bond donors (Lipinski definition) is 3. The van der Waals surface area contributed by atoms with Crippen LogP contribution in [-0.2, 0) is 19.1 Å². The summed E-state index contributed by atoms with van der Waals surface area (Å²) in [6.45, 7) is 10.9. The SMILES string of the molecule is CCOc1cc(C(Nc2ccc3c(N)nccc3c2)C(=O)N2CCC(C(=O)OC)C2c2ccccc2SC(C)C)ccc1OC(C)C.O=C(O)C(F)(F)F. The smallest absolute Gasteiger partial charge is 0.490 e. The van der Waals surface area contributed by atoms with Gasteiger partial charge in [0.2, 0.25) is 5.91 Å². The highest BCUT2D eigenvalue weighted by Crippen LogP contribution is 2.44. The highest BCUT2D eigenvalue weighted by Gasteiger charge is 2.45. The molecule has 1 aliphatic rings. The van der Waals surface area contributed by atoms with Gasteiger partial charge in [-0.3, -0.25) is 9.59 Å². The van der Waals surface area contributed by atoms with Crippen molar-refractivity contribution in [1.29, 1.82) is 0 Å². The van der Waals surface area contributed by atoms with E-state index in [1.165, 1.54) is 7.11 Å². The van der Waals surface area contributed by atoms with Gasteiger partial charge in [-0.15, -0.1) is 11.8 Å². The van der Waals surface area contributed by atoms with Crippen molar-refractivity contribution in [3.05, 3.63) is 84.1 Å². The summed E-state index contributed by atoms with van der Waals surface area (Å²) >= 11 is 1.72. The number of fused-ring (bicyclic) bond motifs is 1. The number of carboxylic acid groups (broad SMARTS) is 1. The zero-order chi connectivity index (χ0) is 39.7. The molecule has 5 rings (SSSR count). The number of alkyl halides is 3. The minimum absolute atomic E-state index is 0.0560. The van der Waals surface area contributed by atoms with Gasteiger partial charge in [-0.25, -0.2) is 9.78 Å². The number of aliphatic carboxylic acids is 1. The highest BCUT2D eigenvalue weighted by atomic mass is 32.2. The fraction of sp³-hybridized carbons (Fsp3) is 0.385. The van der Waals surface area contributed by atoms with Gasteiger partial charge >= 0.3 is 18.1 Å². The number of thioether (sulfide) groups is 1. The molecule has 1 aliphatic heterocycles. The van der Waals surface area contributed by atoms with Crippen molar-refractivity contribution < 1.29 is 46.9 Å². The normalized spacial score (nSPS) is 16.1. The third kappa shape index (κ3) is 10.3. The number of pyridine rings is 1. The molecule has 15 heteroatoms. The Morgan fingerprint density at radius 3 is 2.37 bits per heavy atom. The maximum Gasteiger partial charge on any atom is 0.490 e. The number of methoxy groups -OCH3 is 1. The van der Waals surface area contributed by atoms with Crippen molar-refractivity contribution in [2.45, 2.75) is 75.5 Å². The van der Waals surface area contributed by atoms with E-state index in [2.05, 4.69) is 30.2 Å². The summed E-state index contributed by atoms with van der Waals surface area (Å²) in [7, 11) is 1.40. The van der Waals surface area contributed by atoms with Gasteiger partial charge in [-0.05, 0) is 86.2 Å². The number of esters is 1. The van der Waals surface area contributed by atoms with E-state index in [-0.39, 0.29) is 18.0 Å². The number of ether oxygens (including phenoxy) is 3. The zero-order valence-corrected chi connectivity index (χ0v) is 31.7. The van der Waals surface area contributed by atoms with Crippen LogP contribution in [0.3, 0.4) is 0 Å². The van der Waals surface area contributed by atoms with Gasteiger partial charge in [0.25, 0.3) is 0 Å². The fourth-order valence-corrected chi connectivity index (χ4v) is 7.13. The number of nitrogen functional groups attached to an aromatic ring is 1. The molecule has 54 heavy (non-hydrogen) atoms. The van der Waals surface area contributed by atoms with E-state index in [4.69, 9.17) is 29.8 Å². The van der Waals surface area contributed by atoms with E-state index in [9.17, 15) is 22.8 Å². The standard InChI is InChI=1S/C37H44N4O5S.C2HF3O2/c1-7-45-31-21-25(12-15-30(31)46-22(2)3)33(40-26-13-14-27-24(20-26)16-18-39-35(27)38)36(42)41-19-17-29(37(43)44-6)34(41)28-10-8-9-11-32(28)47-23(4)5;3-2(4,5)1(6)7/h8-16,18,20-23,29,33-34,40H,7,17,19H2,1-6H3,(H2,38,39);(H,6,7). The predicted molar refractivity (Wildman–Crippen MR) is 202 cm³/mol. The number of halogens is 3. The average molecular weight is 771 g/mol. The van der Waals surface area contributed by atoms with E-state index in [1.807, 2.05) is 86.3 Å². The molecule has 4 N–H and O–H groups in total. The second-order valence-corrected chi connectivity index (χ2v) is 14.5. The zero-order valence-electron chi connectivity index (χ0n) is 30.8. The first kappa shape index (κ1) is 41.6. The lowest BCUT2D eigenvalue weighted by Crippen LogP contribution is -2.39. The van der Waals surface area contributed by atoms with Crippen molar-refractivity contribution in [2.24, 2.45) is 5.92 Å². The van der Waals surface area contributed by atoms with Crippen LogP contribution in [0, 0.1) is 5.92 Å². The van der Waals surface area contributed by atoms with Crippen molar-refractivity contribution in [3.8, 4) is 11.5 Å². The lowest BCUT2D eigenvalue weighted by atomic mass is 9.93. The number of aromatic nitrogens is 1.